The Morgan fingerprint density at radius 2 is 1.79 bits per heavy atom. The average molecular weight is 403 g/mol. The molecule has 2 aromatic carbocycles. The monoisotopic (exact) mass is 402 g/mol. The van der Waals surface area contributed by atoms with E-state index >= 15 is 0 Å². The third kappa shape index (κ3) is 2.91. The van der Waals surface area contributed by atoms with E-state index in [0.717, 1.165) is 11.1 Å². The maximum Gasteiger partial charge on any atom is 0.291 e. The van der Waals surface area contributed by atoms with Gasteiger partial charge in [0.25, 0.3) is 5.91 Å². The van der Waals surface area contributed by atoms with Crippen LogP contribution in [0.1, 0.15) is 33.3 Å². The number of aromatic nitrogens is 1. The predicted molar refractivity (Wildman–Crippen MR) is 110 cm³/mol. The summed E-state index contributed by atoms with van der Waals surface area (Å²) < 4.78 is 5.91. The Bertz CT molecular complexity index is 1280. The number of pyridine rings is 1. The number of para-hydroxylation sites is 1. The summed E-state index contributed by atoms with van der Waals surface area (Å²) >= 11 is 6.05. The van der Waals surface area contributed by atoms with Crippen molar-refractivity contribution in [2.24, 2.45) is 0 Å². The molecule has 142 valence electrons. The van der Waals surface area contributed by atoms with Gasteiger partial charge in [-0.15, -0.1) is 0 Å². The summed E-state index contributed by atoms with van der Waals surface area (Å²) in [5, 5.41) is 1.05. The lowest BCUT2D eigenvalue weighted by Crippen LogP contribution is -2.29. The van der Waals surface area contributed by atoms with Crippen LogP contribution in [0.4, 0.5) is 0 Å². The van der Waals surface area contributed by atoms with Gasteiger partial charge in [-0.3, -0.25) is 14.6 Å². The average Bonchev–Trinajstić information content (AvgIpc) is 3.02. The van der Waals surface area contributed by atoms with Crippen LogP contribution in [-0.4, -0.2) is 15.8 Å². The van der Waals surface area contributed by atoms with Gasteiger partial charge < -0.3 is 9.32 Å². The summed E-state index contributed by atoms with van der Waals surface area (Å²) in [4.78, 5) is 32.4. The molecule has 1 aliphatic rings. The van der Waals surface area contributed by atoms with Crippen LogP contribution < -0.4 is 5.43 Å². The molecule has 0 saturated heterocycles. The molecule has 3 heterocycles. The number of amides is 1. The van der Waals surface area contributed by atoms with Crippen molar-refractivity contribution in [3.63, 3.8) is 0 Å². The van der Waals surface area contributed by atoms with Crippen LogP contribution in [0.25, 0.3) is 11.0 Å². The fraction of sp³-hybridized carbons (Fsp3) is 0.0870. The van der Waals surface area contributed by atoms with Gasteiger partial charge in [-0.1, -0.05) is 41.9 Å². The summed E-state index contributed by atoms with van der Waals surface area (Å²) in [6.45, 7) is 0.306. The second kappa shape index (κ2) is 6.87. The second-order valence-corrected chi connectivity index (χ2v) is 7.35. The number of rotatable bonds is 3. The lowest BCUT2D eigenvalue weighted by Gasteiger charge is -2.25. The highest BCUT2D eigenvalue weighted by Crippen LogP contribution is 2.39. The Balaban J connectivity index is 1.73. The molecule has 5 nitrogen and oxygen atoms in total. The molecule has 5 rings (SSSR count). The number of benzene rings is 2. The maximum absolute atomic E-state index is 13.3. The van der Waals surface area contributed by atoms with Crippen molar-refractivity contribution in [3.05, 3.63) is 111 Å². The van der Waals surface area contributed by atoms with E-state index in [2.05, 4.69) is 4.98 Å². The van der Waals surface area contributed by atoms with Gasteiger partial charge in [-0.25, -0.2) is 0 Å². The van der Waals surface area contributed by atoms with E-state index in [1.807, 2.05) is 24.3 Å². The second-order valence-electron chi connectivity index (χ2n) is 6.92. The molecular weight excluding hydrogens is 388 g/mol. The first-order valence-corrected chi connectivity index (χ1v) is 9.52. The van der Waals surface area contributed by atoms with Crippen molar-refractivity contribution in [3.8, 4) is 0 Å². The zero-order valence-electron chi connectivity index (χ0n) is 15.2. The summed E-state index contributed by atoms with van der Waals surface area (Å²) in [5.74, 6) is -0.218. The zero-order chi connectivity index (χ0) is 20.0. The summed E-state index contributed by atoms with van der Waals surface area (Å²) in [6, 6.07) is 17.3. The number of carbonyl (C=O) groups is 1. The number of fused-ring (bicyclic) bond motifs is 2. The van der Waals surface area contributed by atoms with Crippen molar-refractivity contribution < 1.29 is 9.21 Å². The number of carbonyl (C=O) groups excluding carboxylic acids is 1. The number of halogens is 1. The minimum Gasteiger partial charge on any atom is -0.450 e. The quantitative estimate of drug-likeness (QED) is 0.503. The molecule has 0 N–H and O–H groups in total. The van der Waals surface area contributed by atoms with Gasteiger partial charge in [0.05, 0.1) is 17.0 Å². The Labute approximate surface area is 171 Å². The largest absolute Gasteiger partial charge is 0.450 e. The first-order valence-electron chi connectivity index (χ1n) is 9.14. The van der Waals surface area contributed by atoms with Crippen molar-refractivity contribution >= 4 is 28.5 Å². The molecule has 4 aromatic rings. The molecule has 1 amide bonds. The van der Waals surface area contributed by atoms with Gasteiger partial charge >= 0.3 is 0 Å². The van der Waals surface area contributed by atoms with Crippen LogP contribution in [0.5, 0.6) is 0 Å². The number of hydrogen-bond donors (Lipinski definition) is 0. The van der Waals surface area contributed by atoms with Gasteiger partial charge in [0.1, 0.15) is 5.58 Å². The Morgan fingerprint density at radius 3 is 2.55 bits per heavy atom. The standard InChI is InChI=1S/C23H15ClN2O3/c24-16-9-7-15(8-10-16)20-19-21(27)17-5-1-2-6-18(17)29-22(19)23(28)26(20)13-14-4-3-11-25-12-14/h1-12,20H,13H2. The topological polar surface area (TPSA) is 63.4 Å². The van der Waals surface area contributed by atoms with Crippen molar-refractivity contribution in [2.45, 2.75) is 12.6 Å². The third-order valence-electron chi connectivity index (χ3n) is 5.13. The third-order valence-corrected chi connectivity index (χ3v) is 5.39. The minimum absolute atomic E-state index is 0.0949. The molecule has 0 bridgehead atoms. The summed E-state index contributed by atoms with van der Waals surface area (Å²) in [7, 11) is 0. The van der Waals surface area contributed by atoms with Crippen LogP contribution in [0.15, 0.2) is 82.3 Å². The first kappa shape index (κ1) is 17.6. The van der Waals surface area contributed by atoms with E-state index in [-0.39, 0.29) is 17.1 Å². The lowest BCUT2D eigenvalue weighted by atomic mass is 9.98. The zero-order valence-corrected chi connectivity index (χ0v) is 16.0. The molecule has 0 saturated carbocycles. The SMILES string of the molecule is O=C1c2oc3ccccc3c(=O)c2C(c2ccc(Cl)cc2)N1Cc1cccnc1. The van der Waals surface area contributed by atoms with E-state index < -0.39 is 6.04 Å². The molecule has 0 fully saturated rings. The molecule has 0 aliphatic carbocycles. The first-order chi connectivity index (χ1) is 14.1. The van der Waals surface area contributed by atoms with E-state index in [4.69, 9.17) is 16.0 Å². The smallest absolute Gasteiger partial charge is 0.291 e. The van der Waals surface area contributed by atoms with E-state index in [1.165, 1.54) is 0 Å². The lowest BCUT2D eigenvalue weighted by molar-refractivity contribution is 0.0714. The van der Waals surface area contributed by atoms with Crippen molar-refractivity contribution in [1.82, 2.24) is 9.88 Å². The molecule has 1 aliphatic heterocycles. The van der Waals surface area contributed by atoms with Crippen LogP contribution in [0.3, 0.4) is 0 Å². The Hall–Kier alpha value is -3.44. The molecule has 1 atom stereocenters. The number of nitrogens with zero attached hydrogens (tertiary/aromatic N) is 2. The summed E-state index contributed by atoms with van der Waals surface area (Å²) in [5.41, 5.74) is 2.24. The maximum atomic E-state index is 13.3. The van der Waals surface area contributed by atoms with Crippen LogP contribution in [-0.2, 0) is 6.54 Å². The predicted octanol–water partition coefficient (Wildman–Crippen LogP) is 4.59. The number of hydrogen-bond acceptors (Lipinski definition) is 4. The highest BCUT2D eigenvalue weighted by Gasteiger charge is 2.42. The van der Waals surface area contributed by atoms with E-state index in [0.29, 0.717) is 28.1 Å². The highest BCUT2D eigenvalue weighted by atomic mass is 35.5. The Morgan fingerprint density at radius 1 is 1.00 bits per heavy atom. The van der Waals surface area contributed by atoms with Crippen LogP contribution in [0.2, 0.25) is 5.02 Å². The van der Waals surface area contributed by atoms with E-state index in [9.17, 15) is 9.59 Å². The Kier molecular flexibility index (Phi) is 4.18. The normalized spacial score (nSPS) is 15.7. The van der Waals surface area contributed by atoms with Crippen molar-refractivity contribution in [1.29, 1.82) is 0 Å². The van der Waals surface area contributed by atoms with Crippen LogP contribution in [0, 0.1) is 0 Å². The van der Waals surface area contributed by atoms with Crippen LogP contribution >= 0.6 is 11.6 Å². The minimum atomic E-state index is -0.559. The highest BCUT2D eigenvalue weighted by molar-refractivity contribution is 6.30. The fourth-order valence-corrected chi connectivity index (χ4v) is 3.94. The molecule has 0 spiro atoms. The molecule has 29 heavy (non-hydrogen) atoms. The molecule has 2 aromatic heterocycles. The summed E-state index contributed by atoms with van der Waals surface area (Å²) in [6.07, 6.45) is 3.39. The van der Waals surface area contributed by atoms with Gasteiger partial charge in [0, 0.05) is 24.0 Å². The molecular formula is C23H15ClN2O3. The van der Waals surface area contributed by atoms with E-state index in [1.54, 1.807) is 53.7 Å². The van der Waals surface area contributed by atoms with Crippen molar-refractivity contribution in [2.75, 3.05) is 0 Å². The van der Waals surface area contributed by atoms with Gasteiger partial charge in [0.2, 0.25) is 5.76 Å². The van der Waals surface area contributed by atoms with Gasteiger partial charge in [-0.05, 0) is 41.5 Å². The molecule has 6 heteroatoms. The van der Waals surface area contributed by atoms with Gasteiger partial charge in [0.15, 0.2) is 5.43 Å². The molecule has 1 unspecified atom stereocenters. The fourth-order valence-electron chi connectivity index (χ4n) is 3.81. The molecule has 0 radical (unpaired) electrons. The van der Waals surface area contributed by atoms with Gasteiger partial charge in [-0.2, -0.15) is 0 Å².